The van der Waals surface area contributed by atoms with Gasteiger partial charge in [0, 0.05) is 6.92 Å². The summed E-state index contributed by atoms with van der Waals surface area (Å²) in [4.78, 5) is 26.0. The molecule has 4 heterocycles. The summed E-state index contributed by atoms with van der Waals surface area (Å²) < 4.78 is 46.7. The molecule has 0 saturated carbocycles. The van der Waals surface area contributed by atoms with Crippen molar-refractivity contribution in [2.75, 3.05) is 26.4 Å². The highest BCUT2D eigenvalue weighted by Gasteiger charge is 2.53. The third-order valence-electron chi connectivity index (χ3n) is 19.2. The van der Waals surface area contributed by atoms with E-state index in [9.17, 15) is 81.1 Å². The SMILES string of the molecule is CCCCCCCCCCCCCCCCCCCCCC(O)C(=O)NC(COC1OC(CO)C(O)C(O)C1OC1OC(COC2OC(COC3OC(C(C)O)C(O)C3O)C(O)C(O)C2NC(C)=O)C(O)C(O)C1O)C(O)C(O)CCCCCCCCCCCCCCCC. The van der Waals surface area contributed by atoms with Crippen LogP contribution < -0.4 is 10.6 Å². The van der Waals surface area contributed by atoms with Gasteiger partial charge < -0.3 is 120 Å². The Morgan fingerprint density at radius 1 is 0.432 bits per heavy atom. The average Bonchev–Trinajstić information content (AvgIpc) is 1.55. The lowest BCUT2D eigenvalue weighted by atomic mass is 9.96. The largest absolute Gasteiger partial charge is 0.394 e. The number of amides is 2. The van der Waals surface area contributed by atoms with E-state index in [1.165, 1.54) is 148 Å². The molecular formula is C69H130N2O24. The van der Waals surface area contributed by atoms with Crippen LogP contribution >= 0.6 is 0 Å². The maximum atomic E-state index is 13.7. The van der Waals surface area contributed by atoms with Crippen LogP contribution in [0.25, 0.3) is 0 Å². The van der Waals surface area contributed by atoms with Crippen molar-refractivity contribution in [2.24, 2.45) is 0 Å². The van der Waals surface area contributed by atoms with Crippen LogP contribution in [0.5, 0.6) is 0 Å². The number of aliphatic hydroxyl groups is 14. The molecule has 16 N–H and O–H groups in total. The highest BCUT2D eigenvalue weighted by molar-refractivity contribution is 5.80. The van der Waals surface area contributed by atoms with Gasteiger partial charge in [-0.3, -0.25) is 9.59 Å². The molecule has 560 valence electrons. The van der Waals surface area contributed by atoms with E-state index in [1.807, 2.05) is 0 Å². The first-order valence-electron chi connectivity index (χ1n) is 36.8. The summed E-state index contributed by atoms with van der Waals surface area (Å²) in [6.07, 6.45) is 1.56. The molecule has 0 aromatic heterocycles. The second kappa shape index (κ2) is 48.8. The zero-order chi connectivity index (χ0) is 69.7. The molecule has 0 radical (unpaired) electrons. The molecule has 0 spiro atoms. The van der Waals surface area contributed by atoms with Crippen LogP contribution in [0.15, 0.2) is 0 Å². The molecule has 0 aliphatic carbocycles. The number of rotatable bonds is 53. The lowest BCUT2D eigenvalue weighted by molar-refractivity contribution is -0.371. The van der Waals surface area contributed by atoms with Crippen molar-refractivity contribution in [1.82, 2.24) is 10.6 Å². The number of aliphatic hydroxyl groups excluding tert-OH is 14. The quantitative estimate of drug-likeness (QED) is 0.0386. The molecule has 4 saturated heterocycles. The first-order valence-corrected chi connectivity index (χ1v) is 36.8. The second-order valence-corrected chi connectivity index (χ2v) is 27.5. The molecule has 0 aromatic rings. The van der Waals surface area contributed by atoms with E-state index >= 15 is 0 Å². The van der Waals surface area contributed by atoms with Gasteiger partial charge in [0.05, 0.1) is 44.7 Å². The van der Waals surface area contributed by atoms with Crippen LogP contribution in [0.2, 0.25) is 0 Å². The van der Waals surface area contributed by atoms with Crippen LogP contribution in [-0.4, -0.2) is 257 Å². The first kappa shape index (κ1) is 85.5. The molecule has 24 unspecified atom stereocenters. The Balaban J connectivity index is 1.37. The Bertz CT molecular complexity index is 1960. The molecule has 2 amide bonds. The molecular weight excluding hydrogens is 1240 g/mol. The highest BCUT2D eigenvalue weighted by Crippen LogP contribution is 2.33. The van der Waals surface area contributed by atoms with Gasteiger partial charge in [0.2, 0.25) is 11.8 Å². The van der Waals surface area contributed by atoms with Gasteiger partial charge in [-0.15, -0.1) is 0 Å². The fourth-order valence-electron chi connectivity index (χ4n) is 13.1. The smallest absolute Gasteiger partial charge is 0.249 e. The number of carbonyl (C=O) groups is 2. The summed E-state index contributed by atoms with van der Waals surface area (Å²) in [5, 5.41) is 159. The lowest BCUT2D eigenvalue weighted by Crippen LogP contribution is -2.66. The minimum absolute atomic E-state index is 0.126. The molecule has 26 heteroatoms. The topological polar surface area (TPSA) is 415 Å². The molecule has 24 atom stereocenters. The zero-order valence-corrected chi connectivity index (χ0v) is 57.8. The number of hydrogen-bond acceptors (Lipinski definition) is 24. The predicted molar refractivity (Wildman–Crippen MR) is 351 cm³/mol. The van der Waals surface area contributed by atoms with E-state index in [-0.39, 0.29) is 12.8 Å². The normalized spacial score (nSPS) is 32.0. The lowest BCUT2D eigenvalue weighted by Gasteiger charge is -2.47. The maximum Gasteiger partial charge on any atom is 0.249 e. The van der Waals surface area contributed by atoms with Gasteiger partial charge >= 0.3 is 0 Å². The second-order valence-electron chi connectivity index (χ2n) is 27.5. The first-order chi connectivity index (χ1) is 45.7. The zero-order valence-electron chi connectivity index (χ0n) is 57.8. The Morgan fingerprint density at radius 2 is 0.832 bits per heavy atom. The van der Waals surface area contributed by atoms with Crippen LogP contribution in [0.1, 0.15) is 252 Å². The average molecular weight is 1370 g/mol. The van der Waals surface area contributed by atoms with Gasteiger partial charge in [-0.1, -0.05) is 226 Å². The van der Waals surface area contributed by atoms with Crippen molar-refractivity contribution in [3.63, 3.8) is 0 Å². The number of ether oxygens (including phenoxy) is 8. The number of nitrogens with one attached hydrogen (secondary N) is 2. The fourth-order valence-corrected chi connectivity index (χ4v) is 13.1. The molecule has 4 fully saturated rings. The van der Waals surface area contributed by atoms with Crippen LogP contribution in [-0.2, 0) is 47.5 Å². The van der Waals surface area contributed by atoms with Gasteiger partial charge in [-0.05, 0) is 19.8 Å². The molecule has 4 rings (SSSR count). The standard InChI is InChI=1S/C69H130N2O24/c1-5-7-9-11-13-15-17-19-21-22-23-24-25-27-29-31-33-35-37-39-48(76)65(87)71-46(53(77)47(75)38-36-34-32-30-28-26-20-18-16-14-12-10-8-6-2)41-88-69-64(59(83)54(78)49(40-72)91-69)95-68-61(85)58(82)56(80)51(93-68)42-89-66-52(70-45(4)74)57(81)55(79)50(92-66)43-90-67-62(86)60(84)63(94-67)44(3)73/h44,46-64,66-69,72-73,75-86H,5-43H2,1-4H3,(H,70,74)(H,71,87). The predicted octanol–water partition coefficient (Wildman–Crippen LogP) is 3.71. The minimum Gasteiger partial charge on any atom is -0.394 e. The monoisotopic (exact) mass is 1370 g/mol. The number of carbonyl (C=O) groups excluding carboxylic acids is 2. The summed E-state index contributed by atoms with van der Waals surface area (Å²) in [5.41, 5.74) is 0. The van der Waals surface area contributed by atoms with E-state index in [0.717, 1.165) is 64.7 Å². The Morgan fingerprint density at radius 3 is 1.27 bits per heavy atom. The van der Waals surface area contributed by atoms with Crippen molar-refractivity contribution in [3.05, 3.63) is 0 Å². The molecule has 95 heavy (non-hydrogen) atoms. The van der Waals surface area contributed by atoms with Crippen molar-refractivity contribution in [2.45, 2.75) is 400 Å². The van der Waals surface area contributed by atoms with Crippen LogP contribution in [0.3, 0.4) is 0 Å². The Kier molecular flexibility index (Phi) is 43.9. The van der Waals surface area contributed by atoms with E-state index < -0.39 is 185 Å². The summed E-state index contributed by atoms with van der Waals surface area (Å²) in [5.74, 6) is -1.53. The maximum absolute atomic E-state index is 13.7. The van der Waals surface area contributed by atoms with Crippen molar-refractivity contribution in [1.29, 1.82) is 0 Å². The van der Waals surface area contributed by atoms with Gasteiger partial charge in [0.25, 0.3) is 0 Å². The number of hydrogen-bond donors (Lipinski definition) is 16. The third-order valence-corrected chi connectivity index (χ3v) is 19.2. The highest BCUT2D eigenvalue weighted by atomic mass is 16.8. The molecule has 4 aliphatic rings. The Labute approximate surface area is 565 Å². The van der Waals surface area contributed by atoms with Crippen molar-refractivity contribution >= 4 is 11.8 Å². The summed E-state index contributed by atoms with van der Waals surface area (Å²) >= 11 is 0. The van der Waals surface area contributed by atoms with E-state index in [4.69, 9.17) is 37.9 Å². The molecule has 0 bridgehead atoms. The summed E-state index contributed by atoms with van der Waals surface area (Å²) in [7, 11) is 0. The fraction of sp³-hybridized carbons (Fsp3) is 0.971. The summed E-state index contributed by atoms with van der Waals surface area (Å²) in [6.45, 7) is 4.01. The van der Waals surface area contributed by atoms with E-state index in [0.29, 0.717) is 12.8 Å². The molecule has 4 aliphatic heterocycles. The third kappa shape index (κ3) is 30.7. The van der Waals surface area contributed by atoms with Gasteiger partial charge in [-0.2, -0.15) is 0 Å². The van der Waals surface area contributed by atoms with E-state index in [1.54, 1.807) is 0 Å². The van der Waals surface area contributed by atoms with Gasteiger partial charge in [0.1, 0.15) is 104 Å². The number of unbranched alkanes of at least 4 members (excludes halogenated alkanes) is 31. The Hall–Kier alpha value is -1.94. The van der Waals surface area contributed by atoms with Crippen molar-refractivity contribution < 1.29 is 119 Å². The van der Waals surface area contributed by atoms with Crippen LogP contribution in [0, 0.1) is 0 Å². The van der Waals surface area contributed by atoms with Gasteiger partial charge in [0.15, 0.2) is 25.2 Å². The van der Waals surface area contributed by atoms with Gasteiger partial charge in [-0.25, -0.2) is 0 Å². The minimum atomic E-state index is -2.09. The van der Waals surface area contributed by atoms with Crippen LogP contribution in [0.4, 0.5) is 0 Å². The van der Waals surface area contributed by atoms with Crippen molar-refractivity contribution in [3.8, 4) is 0 Å². The molecule has 26 nitrogen and oxygen atoms in total. The van der Waals surface area contributed by atoms with E-state index in [2.05, 4.69) is 24.5 Å². The molecule has 0 aromatic carbocycles. The summed E-state index contributed by atoms with van der Waals surface area (Å²) in [6, 6.07) is -2.92.